The average Bonchev–Trinajstić information content (AvgIpc) is 3.17. The smallest absolute Gasteiger partial charge is 0.255 e. The molecule has 1 aromatic rings. The Labute approximate surface area is 150 Å². The van der Waals surface area contributed by atoms with Crippen molar-refractivity contribution in [2.24, 2.45) is 0 Å². The summed E-state index contributed by atoms with van der Waals surface area (Å²) in [5.41, 5.74) is 2.38. The van der Waals surface area contributed by atoms with Crippen LogP contribution < -0.4 is 16.0 Å². The molecule has 4 N–H and O–H groups in total. The summed E-state index contributed by atoms with van der Waals surface area (Å²) in [6.45, 7) is 2.10. The van der Waals surface area contributed by atoms with Gasteiger partial charge in [0.1, 0.15) is 6.04 Å². The highest BCUT2D eigenvalue weighted by molar-refractivity contribution is 6.05. The molecule has 2 fully saturated rings. The molecule has 3 aliphatic rings. The van der Waals surface area contributed by atoms with Crippen molar-refractivity contribution in [1.82, 2.24) is 20.9 Å². The Balaban J connectivity index is 1.51. The molecule has 3 amide bonds. The minimum Gasteiger partial charge on any atom is -0.390 e. The van der Waals surface area contributed by atoms with Gasteiger partial charge in [0.2, 0.25) is 11.8 Å². The number of carbonyl (C=O) groups excluding carboxylic acids is 3. The number of rotatable bonds is 4. The summed E-state index contributed by atoms with van der Waals surface area (Å²) in [7, 11) is 0. The maximum absolute atomic E-state index is 13.0. The maximum Gasteiger partial charge on any atom is 0.255 e. The van der Waals surface area contributed by atoms with Crippen LogP contribution in [0.2, 0.25) is 0 Å². The number of nitrogens with one attached hydrogen (secondary N) is 3. The zero-order valence-electron chi connectivity index (χ0n) is 14.3. The third-order valence-corrected chi connectivity index (χ3v) is 5.38. The van der Waals surface area contributed by atoms with Crippen molar-refractivity contribution < 1.29 is 19.5 Å². The van der Waals surface area contributed by atoms with Crippen molar-refractivity contribution in [3.63, 3.8) is 0 Å². The zero-order valence-corrected chi connectivity index (χ0v) is 14.3. The molecule has 8 heteroatoms. The topological polar surface area (TPSA) is 111 Å². The Bertz CT molecular complexity index is 766. The van der Waals surface area contributed by atoms with Crippen LogP contribution in [-0.4, -0.2) is 59.0 Å². The predicted octanol–water partition coefficient (Wildman–Crippen LogP) is -1.13. The average molecular weight is 358 g/mol. The zero-order chi connectivity index (χ0) is 18.3. The number of carbonyl (C=O) groups is 3. The molecule has 0 spiro atoms. The highest BCUT2D eigenvalue weighted by Gasteiger charge is 2.40. The summed E-state index contributed by atoms with van der Waals surface area (Å²) in [5.74, 6) is -0.858. The highest BCUT2D eigenvalue weighted by atomic mass is 16.3. The maximum atomic E-state index is 13.0. The summed E-state index contributed by atoms with van der Waals surface area (Å²) in [6.07, 6.45) is 0.164. The molecule has 0 aliphatic carbocycles. The minimum absolute atomic E-state index is 0.0476. The van der Waals surface area contributed by atoms with E-state index < -0.39 is 18.1 Å². The second-order valence-corrected chi connectivity index (χ2v) is 7.06. The van der Waals surface area contributed by atoms with Crippen LogP contribution in [0.25, 0.3) is 0 Å². The lowest BCUT2D eigenvalue weighted by molar-refractivity contribution is -0.136. The first kappa shape index (κ1) is 17.1. The van der Waals surface area contributed by atoms with Crippen LogP contribution in [0.1, 0.15) is 34.3 Å². The van der Waals surface area contributed by atoms with Crippen LogP contribution in [0.5, 0.6) is 0 Å². The van der Waals surface area contributed by atoms with E-state index in [0.29, 0.717) is 38.2 Å². The number of hydrogen-bond acceptors (Lipinski definition) is 6. The van der Waals surface area contributed by atoms with E-state index in [4.69, 9.17) is 0 Å². The van der Waals surface area contributed by atoms with Crippen molar-refractivity contribution in [3.05, 3.63) is 34.9 Å². The van der Waals surface area contributed by atoms with E-state index in [2.05, 4.69) is 16.0 Å². The molecule has 1 aromatic carbocycles. The number of amides is 3. The lowest BCUT2D eigenvalue weighted by Crippen LogP contribution is -2.52. The summed E-state index contributed by atoms with van der Waals surface area (Å²) in [5, 5.41) is 18.6. The first-order valence-corrected chi connectivity index (χ1v) is 8.92. The number of piperidine rings is 1. The largest absolute Gasteiger partial charge is 0.390 e. The fourth-order valence-electron chi connectivity index (χ4n) is 3.95. The van der Waals surface area contributed by atoms with E-state index in [9.17, 15) is 19.5 Å². The summed E-state index contributed by atoms with van der Waals surface area (Å²) < 4.78 is 0. The van der Waals surface area contributed by atoms with E-state index >= 15 is 0 Å². The van der Waals surface area contributed by atoms with Crippen molar-refractivity contribution in [3.8, 4) is 0 Å². The van der Waals surface area contributed by atoms with Gasteiger partial charge in [0.25, 0.3) is 5.91 Å². The van der Waals surface area contributed by atoms with Gasteiger partial charge in [0, 0.05) is 44.2 Å². The molecule has 0 aromatic heterocycles. The molecule has 0 saturated carbocycles. The van der Waals surface area contributed by atoms with Crippen LogP contribution >= 0.6 is 0 Å². The van der Waals surface area contributed by atoms with Gasteiger partial charge in [-0.15, -0.1) is 0 Å². The van der Waals surface area contributed by atoms with Gasteiger partial charge < -0.3 is 20.6 Å². The first-order valence-electron chi connectivity index (χ1n) is 8.92. The van der Waals surface area contributed by atoms with E-state index in [-0.39, 0.29) is 24.3 Å². The molecule has 3 heterocycles. The Morgan fingerprint density at radius 1 is 1.23 bits per heavy atom. The van der Waals surface area contributed by atoms with Gasteiger partial charge >= 0.3 is 0 Å². The number of aliphatic hydroxyl groups excluding tert-OH is 1. The van der Waals surface area contributed by atoms with E-state index in [1.165, 1.54) is 0 Å². The Kier molecular flexibility index (Phi) is 4.47. The fourth-order valence-corrected chi connectivity index (χ4v) is 3.95. The number of imide groups is 1. The summed E-state index contributed by atoms with van der Waals surface area (Å²) >= 11 is 0. The molecule has 26 heavy (non-hydrogen) atoms. The summed E-state index contributed by atoms with van der Waals surface area (Å²) in [6, 6.07) is 5.05. The van der Waals surface area contributed by atoms with Gasteiger partial charge in [-0.05, 0) is 17.5 Å². The van der Waals surface area contributed by atoms with Gasteiger partial charge in [-0.25, -0.2) is 0 Å². The predicted molar refractivity (Wildman–Crippen MR) is 92.0 cm³/mol. The second kappa shape index (κ2) is 6.79. The molecule has 3 aliphatic heterocycles. The van der Waals surface area contributed by atoms with Crippen molar-refractivity contribution >= 4 is 17.7 Å². The Morgan fingerprint density at radius 2 is 2.08 bits per heavy atom. The molecular formula is C18H22N4O4. The molecule has 2 saturated heterocycles. The van der Waals surface area contributed by atoms with Crippen molar-refractivity contribution in [2.45, 2.75) is 44.1 Å². The molecule has 1 unspecified atom stereocenters. The third kappa shape index (κ3) is 3.00. The van der Waals surface area contributed by atoms with Crippen molar-refractivity contribution in [1.29, 1.82) is 0 Å². The monoisotopic (exact) mass is 358 g/mol. The molecule has 0 radical (unpaired) electrons. The van der Waals surface area contributed by atoms with Gasteiger partial charge in [0.05, 0.1) is 6.10 Å². The normalized spacial score (nSPS) is 28.4. The number of fused-ring (bicyclic) bond motifs is 1. The Hall–Kier alpha value is -2.29. The van der Waals surface area contributed by atoms with E-state index in [1.807, 2.05) is 18.2 Å². The summed E-state index contributed by atoms with van der Waals surface area (Å²) in [4.78, 5) is 38.0. The SMILES string of the molecule is O=C1CCC(N2Cc3cccc(CN[C@H]4CNC[C@@H]4O)c3C2=O)C(=O)N1. The number of hydrogen-bond donors (Lipinski definition) is 4. The van der Waals surface area contributed by atoms with Crippen molar-refractivity contribution in [2.75, 3.05) is 13.1 Å². The third-order valence-electron chi connectivity index (χ3n) is 5.38. The number of aliphatic hydroxyl groups is 1. The van der Waals surface area contributed by atoms with Crippen LogP contribution in [0, 0.1) is 0 Å². The molecule has 138 valence electrons. The number of nitrogens with zero attached hydrogens (tertiary/aromatic N) is 1. The van der Waals surface area contributed by atoms with E-state index in [1.54, 1.807) is 4.90 Å². The van der Waals surface area contributed by atoms with Gasteiger partial charge in [-0.3, -0.25) is 19.7 Å². The number of benzene rings is 1. The van der Waals surface area contributed by atoms with Crippen LogP contribution in [0.15, 0.2) is 18.2 Å². The number of β-amino-alcohol motifs (C(OH)–C–C–N with tert-alkyl or cyclic N) is 1. The molecule has 3 atom stereocenters. The Morgan fingerprint density at radius 3 is 2.81 bits per heavy atom. The highest BCUT2D eigenvalue weighted by Crippen LogP contribution is 2.29. The van der Waals surface area contributed by atoms with Crippen LogP contribution in [0.4, 0.5) is 0 Å². The lowest BCUT2D eigenvalue weighted by Gasteiger charge is -2.29. The first-order chi connectivity index (χ1) is 12.5. The molecule has 8 nitrogen and oxygen atoms in total. The minimum atomic E-state index is -0.603. The second-order valence-electron chi connectivity index (χ2n) is 7.06. The molecular weight excluding hydrogens is 336 g/mol. The quantitative estimate of drug-likeness (QED) is 0.507. The lowest BCUT2D eigenvalue weighted by atomic mass is 10.0. The van der Waals surface area contributed by atoms with E-state index in [0.717, 1.165) is 11.1 Å². The van der Waals surface area contributed by atoms with Gasteiger partial charge in [-0.2, -0.15) is 0 Å². The van der Waals surface area contributed by atoms with Gasteiger partial charge in [0.15, 0.2) is 0 Å². The van der Waals surface area contributed by atoms with Gasteiger partial charge in [-0.1, -0.05) is 18.2 Å². The van der Waals surface area contributed by atoms with Crippen LogP contribution in [-0.2, 0) is 22.7 Å². The fraction of sp³-hybridized carbons (Fsp3) is 0.500. The van der Waals surface area contributed by atoms with Crippen LogP contribution in [0.3, 0.4) is 0 Å². The molecule has 0 bridgehead atoms. The molecule has 4 rings (SSSR count). The standard InChI is InChI=1S/C18H22N4O4/c23-14-8-19-7-12(14)20-6-10-2-1-3-11-9-22(18(26)16(10)11)13-4-5-15(24)21-17(13)25/h1-3,12-14,19-20,23H,4-9H2,(H,21,24,25)/t12-,13?,14-/m0/s1.